The summed E-state index contributed by atoms with van der Waals surface area (Å²) >= 11 is 0. The van der Waals surface area contributed by atoms with E-state index in [1.807, 2.05) is 17.9 Å². The van der Waals surface area contributed by atoms with Crippen molar-refractivity contribution in [2.75, 3.05) is 11.9 Å². The zero-order chi connectivity index (χ0) is 11.5. The Morgan fingerprint density at radius 3 is 2.94 bits per heavy atom. The van der Waals surface area contributed by atoms with Crippen molar-refractivity contribution in [1.29, 1.82) is 0 Å². The molecule has 0 amide bonds. The average molecular weight is 221 g/mol. The quantitative estimate of drug-likeness (QED) is 0.850. The Balaban J connectivity index is 1.85. The number of rotatable bonds is 3. The van der Waals surface area contributed by atoms with Crippen LogP contribution < -0.4 is 5.32 Å². The molecule has 1 aromatic heterocycles. The van der Waals surface area contributed by atoms with E-state index in [9.17, 15) is 0 Å². The van der Waals surface area contributed by atoms with E-state index in [4.69, 9.17) is 0 Å². The molecule has 1 N–H and O–H groups in total. The second-order valence-electron chi connectivity index (χ2n) is 5.29. The summed E-state index contributed by atoms with van der Waals surface area (Å²) in [4.78, 5) is 0. The summed E-state index contributed by atoms with van der Waals surface area (Å²) < 4.78 is 1.92. The van der Waals surface area contributed by atoms with Gasteiger partial charge in [0, 0.05) is 13.6 Å². The van der Waals surface area contributed by atoms with Crippen LogP contribution in [0.1, 0.15) is 38.3 Å². The van der Waals surface area contributed by atoms with Gasteiger partial charge in [-0.3, -0.25) is 4.68 Å². The Hall–Kier alpha value is -0.990. The van der Waals surface area contributed by atoms with Gasteiger partial charge in [0.25, 0.3) is 0 Å². The summed E-state index contributed by atoms with van der Waals surface area (Å²) in [6, 6.07) is 0. The van der Waals surface area contributed by atoms with Crippen molar-refractivity contribution >= 4 is 5.69 Å². The third-order valence-corrected chi connectivity index (χ3v) is 3.86. The van der Waals surface area contributed by atoms with Crippen LogP contribution in [0.15, 0.2) is 6.20 Å². The van der Waals surface area contributed by atoms with Gasteiger partial charge in [0.2, 0.25) is 0 Å². The number of nitrogens with zero attached hydrogens (tertiary/aromatic N) is 2. The van der Waals surface area contributed by atoms with Crippen LogP contribution in [-0.4, -0.2) is 16.3 Å². The highest BCUT2D eigenvalue weighted by atomic mass is 15.3. The SMILES string of the molecule is Cc1c(NCC2CCCC(C)C2)cnn1C. The van der Waals surface area contributed by atoms with E-state index in [0.29, 0.717) is 0 Å². The van der Waals surface area contributed by atoms with E-state index < -0.39 is 0 Å². The summed E-state index contributed by atoms with van der Waals surface area (Å²) in [5.74, 6) is 1.76. The van der Waals surface area contributed by atoms with Crippen molar-refractivity contribution in [2.45, 2.75) is 39.5 Å². The van der Waals surface area contributed by atoms with Crippen LogP contribution in [0, 0.1) is 18.8 Å². The minimum Gasteiger partial charge on any atom is -0.382 e. The number of aromatic nitrogens is 2. The van der Waals surface area contributed by atoms with Crippen LogP contribution in [0.2, 0.25) is 0 Å². The lowest BCUT2D eigenvalue weighted by molar-refractivity contribution is 0.293. The Kier molecular flexibility index (Phi) is 3.52. The molecule has 0 radical (unpaired) electrons. The van der Waals surface area contributed by atoms with Crippen LogP contribution >= 0.6 is 0 Å². The highest BCUT2D eigenvalue weighted by Gasteiger charge is 2.18. The summed E-state index contributed by atoms with van der Waals surface area (Å²) in [6.07, 6.45) is 7.52. The van der Waals surface area contributed by atoms with Gasteiger partial charge in [0.1, 0.15) is 0 Å². The lowest BCUT2D eigenvalue weighted by atomic mass is 9.82. The minimum absolute atomic E-state index is 0.850. The minimum atomic E-state index is 0.850. The third kappa shape index (κ3) is 2.57. The average Bonchev–Trinajstić information content (AvgIpc) is 2.57. The molecule has 16 heavy (non-hydrogen) atoms. The smallest absolute Gasteiger partial charge is 0.0756 e. The number of hydrogen-bond acceptors (Lipinski definition) is 2. The predicted octanol–water partition coefficient (Wildman–Crippen LogP) is 2.97. The molecule has 1 fully saturated rings. The van der Waals surface area contributed by atoms with Crippen LogP contribution in [0.4, 0.5) is 5.69 Å². The number of hydrogen-bond donors (Lipinski definition) is 1. The molecule has 0 spiro atoms. The largest absolute Gasteiger partial charge is 0.382 e. The lowest BCUT2D eigenvalue weighted by Gasteiger charge is -2.27. The van der Waals surface area contributed by atoms with Gasteiger partial charge in [-0.15, -0.1) is 0 Å². The second-order valence-corrected chi connectivity index (χ2v) is 5.29. The van der Waals surface area contributed by atoms with Gasteiger partial charge in [0.05, 0.1) is 17.6 Å². The maximum atomic E-state index is 4.25. The summed E-state index contributed by atoms with van der Waals surface area (Å²) in [7, 11) is 1.99. The standard InChI is InChI=1S/C13H23N3/c1-10-5-4-6-12(7-10)8-14-13-9-15-16(3)11(13)2/h9-10,12,14H,4-8H2,1-3H3. The maximum Gasteiger partial charge on any atom is 0.0756 e. The first kappa shape index (κ1) is 11.5. The molecule has 1 aliphatic rings. The molecule has 3 heteroatoms. The van der Waals surface area contributed by atoms with Crippen molar-refractivity contribution < 1.29 is 0 Å². The first-order valence-corrected chi connectivity index (χ1v) is 6.39. The molecule has 1 heterocycles. The fraction of sp³-hybridized carbons (Fsp3) is 0.769. The molecule has 90 valence electrons. The molecular weight excluding hydrogens is 198 g/mol. The van der Waals surface area contributed by atoms with Gasteiger partial charge in [-0.25, -0.2) is 0 Å². The Bertz CT molecular complexity index is 343. The first-order chi connectivity index (χ1) is 7.66. The van der Waals surface area contributed by atoms with E-state index in [1.54, 1.807) is 0 Å². The second kappa shape index (κ2) is 4.89. The molecule has 1 saturated carbocycles. The predicted molar refractivity (Wildman–Crippen MR) is 67.6 cm³/mol. The highest BCUT2D eigenvalue weighted by Crippen LogP contribution is 2.28. The van der Waals surface area contributed by atoms with Gasteiger partial charge in [-0.1, -0.05) is 19.8 Å². The zero-order valence-electron chi connectivity index (χ0n) is 10.7. The van der Waals surface area contributed by atoms with Gasteiger partial charge in [-0.05, 0) is 31.6 Å². The molecule has 0 bridgehead atoms. The molecule has 2 unspecified atom stereocenters. The van der Waals surface area contributed by atoms with Crippen LogP contribution in [0.5, 0.6) is 0 Å². The van der Waals surface area contributed by atoms with Gasteiger partial charge < -0.3 is 5.32 Å². The first-order valence-electron chi connectivity index (χ1n) is 6.39. The van der Waals surface area contributed by atoms with Crippen molar-refractivity contribution in [1.82, 2.24) is 9.78 Å². The maximum absolute atomic E-state index is 4.25. The monoisotopic (exact) mass is 221 g/mol. The highest BCUT2D eigenvalue weighted by molar-refractivity contribution is 5.45. The van der Waals surface area contributed by atoms with Gasteiger partial charge in [-0.2, -0.15) is 5.10 Å². The number of nitrogens with one attached hydrogen (secondary N) is 1. The topological polar surface area (TPSA) is 29.9 Å². The van der Waals surface area contributed by atoms with E-state index in [0.717, 1.165) is 18.4 Å². The van der Waals surface area contributed by atoms with Crippen molar-refractivity contribution in [2.24, 2.45) is 18.9 Å². The van der Waals surface area contributed by atoms with Gasteiger partial charge in [0.15, 0.2) is 0 Å². The van der Waals surface area contributed by atoms with E-state index in [1.165, 1.54) is 37.1 Å². The van der Waals surface area contributed by atoms with E-state index in [-0.39, 0.29) is 0 Å². The normalized spacial score (nSPS) is 25.7. The molecule has 0 aromatic carbocycles. The fourth-order valence-corrected chi connectivity index (χ4v) is 2.67. The molecular formula is C13H23N3. The summed E-state index contributed by atoms with van der Waals surface area (Å²) in [5, 5.41) is 7.79. The molecule has 1 aliphatic carbocycles. The number of aryl methyl sites for hydroxylation is 1. The molecule has 2 rings (SSSR count). The van der Waals surface area contributed by atoms with Crippen molar-refractivity contribution in [3.05, 3.63) is 11.9 Å². The molecule has 1 aromatic rings. The molecule has 3 nitrogen and oxygen atoms in total. The molecule has 0 aliphatic heterocycles. The summed E-state index contributed by atoms with van der Waals surface area (Å²) in [5.41, 5.74) is 2.42. The third-order valence-electron chi connectivity index (χ3n) is 3.86. The van der Waals surface area contributed by atoms with Crippen LogP contribution in [0.3, 0.4) is 0 Å². The van der Waals surface area contributed by atoms with E-state index in [2.05, 4.69) is 24.3 Å². The van der Waals surface area contributed by atoms with Crippen LogP contribution in [-0.2, 0) is 7.05 Å². The molecule has 0 saturated heterocycles. The lowest BCUT2D eigenvalue weighted by Crippen LogP contribution is -2.21. The van der Waals surface area contributed by atoms with Crippen LogP contribution in [0.25, 0.3) is 0 Å². The molecule has 2 atom stereocenters. The van der Waals surface area contributed by atoms with E-state index >= 15 is 0 Å². The van der Waals surface area contributed by atoms with Crippen molar-refractivity contribution in [3.63, 3.8) is 0 Å². The summed E-state index contributed by atoms with van der Waals surface area (Å²) in [6.45, 7) is 5.59. The Morgan fingerprint density at radius 2 is 2.31 bits per heavy atom. The number of anilines is 1. The van der Waals surface area contributed by atoms with Gasteiger partial charge >= 0.3 is 0 Å². The Labute approximate surface area is 98.2 Å². The Morgan fingerprint density at radius 1 is 1.50 bits per heavy atom. The van der Waals surface area contributed by atoms with Crippen molar-refractivity contribution in [3.8, 4) is 0 Å². The zero-order valence-corrected chi connectivity index (χ0v) is 10.7. The fourth-order valence-electron chi connectivity index (χ4n) is 2.67.